The molecule has 1 N–H and O–H groups in total. The number of ether oxygens (including phenoxy) is 4. The molecular formula is C28H26BrClN2O8S. The number of methoxy groups -OCH3 is 1. The molecular weight excluding hydrogens is 640 g/mol. The van der Waals surface area contributed by atoms with Gasteiger partial charge in [0.1, 0.15) is 5.75 Å². The van der Waals surface area contributed by atoms with Crippen LogP contribution in [0, 0.1) is 0 Å². The summed E-state index contributed by atoms with van der Waals surface area (Å²) < 4.78 is 23.5. The Kier molecular flexibility index (Phi) is 9.57. The van der Waals surface area contributed by atoms with Crippen molar-refractivity contribution in [2.45, 2.75) is 26.8 Å². The molecule has 2 heterocycles. The van der Waals surface area contributed by atoms with E-state index >= 15 is 0 Å². The van der Waals surface area contributed by atoms with Crippen LogP contribution in [0.2, 0.25) is 5.02 Å². The van der Waals surface area contributed by atoms with Crippen molar-refractivity contribution in [3.8, 4) is 17.2 Å². The lowest BCUT2D eigenvalue weighted by Gasteiger charge is -2.25. The van der Waals surface area contributed by atoms with Crippen LogP contribution in [0.5, 0.6) is 17.2 Å². The molecule has 1 aliphatic rings. The topological polar surface area (TPSA) is 126 Å². The van der Waals surface area contributed by atoms with Gasteiger partial charge in [0.25, 0.3) is 5.56 Å². The number of phenolic OH excluding ortho intramolecular Hbond substituents is 1. The number of hydrogen-bond acceptors (Lipinski definition) is 10. The van der Waals surface area contributed by atoms with Gasteiger partial charge in [-0.05, 0) is 78.2 Å². The first-order valence-corrected chi connectivity index (χ1v) is 14.4. The monoisotopic (exact) mass is 664 g/mol. The fraction of sp³-hybridized carbons (Fsp3) is 0.286. The third-order valence-corrected chi connectivity index (χ3v) is 7.89. The number of esters is 2. The molecule has 1 aromatic heterocycles. The number of aromatic hydroxyl groups is 1. The largest absolute Gasteiger partial charge is 0.505 e. The van der Waals surface area contributed by atoms with Gasteiger partial charge in [-0.15, -0.1) is 0 Å². The van der Waals surface area contributed by atoms with E-state index in [0.29, 0.717) is 48.7 Å². The normalized spacial score (nSPS) is 14.8. The quantitative estimate of drug-likeness (QED) is 0.342. The van der Waals surface area contributed by atoms with Crippen LogP contribution < -0.4 is 24.4 Å². The number of hydrogen-bond donors (Lipinski definition) is 1. The van der Waals surface area contributed by atoms with Gasteiger partial charge in [-0.3, -0.25) is 9.36 Å². The fourth-order valence-electron chi connectivity index (χ4n) is 4.20. The standard InChI is InChI=1S/C28H26BrClN2O8S/c1-5-38-20-12-16(7-8-19(20)40-13-22(33)37-4)24-23(27(36)39-6-2)14(3)31-28-32(24)26(35)21(41-28)11-15-9-17(29)25(34)18(30)10-15/h7-12,24,34H,5-6,13H2,1-4H3/b21-11-/t24-/m0/s1. The van der Waals surface area contributed by atoms with E-state index in [1.54, 1.807) is 51.1 Å². The lowest BCUT2D eigenvalue weighted by molar-refractivity contribution is -0.143. The lowest BCUT2D eigenvalue weighted by Crippen LogP contribution is -2.40. The van der Waals surface area contributed by atoms with E-state index in [-0.39, 0.29) is 29.6 Å². The molecule has 0 saturated heterocycles. The number of carbonyl (C=O) groups excluding carboxylic acids is 2. The average molecular weight is 666 g/mol. The van der Waals surface area contributed by atoms with Crippen molar-refractivity contribution in [3.63, 3.8) is 0 Å². The van der Waals surface area contributed by atoms with Gasteiger partial charge in [0.2, 0.25) is 0 Å². The number of carbonyl (C=O) groups is 2. The smallest absolute Gasteiger partial charge is 0.343 e. The SMILES string of the molecule is CCOC(=O)C1=C(C)N=c2s/c(=C\c3cc(Cl)c(O)c(Br)c3)c(=O)n2[C@H]1c1ccc(OCC(=O)OC)c(OCC)c1. The van der Waals surface area contributed by atoms with Crippen LogP contribution in [-0.2, 0) is 19.1 Å². The first kappa shape index (κ1) is 30.4. The average Bonchev–Trinajstić information content (AvgIpc) is 3.24. The second kappa shape index (κ2) is 12.9. The van der Waals surface area contributed by atoms with Gasteiger partial charge in [0, 0.05) is 0 Å². The number of nitrogens with zero attached hydrogens (tertiary/aromatic N) is 2. The highest BCUT2D eigenvalue weighted by Gasteiger charge is 2.34. The molecule has 13 heteroatoms. The summed E-state index contributed by atoms with van der Waals surface area (Å²) in [6.45, 7) is 5.28. The number of allylic oxidation sites excluding steroid dienone is 1. The summed E-state index contributed by atoms with van der Waals surface area (Å²) in [4.78, 5) is 43.6. The summed E-state index contributed by atoms with van der Waals surface area (Å²) in [6, 6.07) is 7.23. The van der Waals surface area contributed by atoms with E-state index < -0.39 is 23.5 Å². The second-order valence-electron chi connectivity index (χ2n) is 8.64. The third kappa shape index (κ3) is 6.34. The number of aromatic nitrogens is 1. The van der Waals surface area contributed by atoms with Gasteiger partial charge >= 0.3 is 11.9 Å². The highest BCUT2D eigenvalue weighted by atomic mass is 79.9. The number of benzene rings is 2. The van der Waals surface area contributed by atoms with Crippen LogP contribution in [0.1, 0.15) is 37.9 Å². The predicted octanol–water partition coefficient (Wildman–Crippen LogP) is 3.87. The molecule has 0 spiro atoms. The van der Waals surface area contributed by atoms with E-state index in [2.05, 4.69) is 25.7 Å². The summed E-state index contributed by atoms with van der Waals surface area (Å²) in [7, 11) is 1.26. The number of fused-ring (bicyclic) bond motifs is 1. The second-order valence-corrected chi connectivity index (χ2v) is 10.9. The number of thiazole rings is 1. The molecule has 216 valence electrons. The van der Waals surface area contributed by atoms with Crippen molar-refractivity contribution in [1.29, 1.82) is 0 Å². The summed E-state index contributed by atoms with van der Waals surface area (Å²) in [5.74, 6) is -0.664. The van der Waals surface area contributed by atoms with Crippen molar-refractivity contribution < 1.29 is 33.6 Å². The molecule has 41 heavy (non-hydrogen) atoms. The molecule has 0 unspecified atom stereocenters. The third-order valence-electron chi connectivity index (χ3n) is 6.01. The van der Waals surface area contributed by atoms with E-state index in [0.717, 1.165) is 11.3 Å². The first-order chi connectivity index (χ1) is 19.6. The Labute approximate surface area is 252 Å². The highest BCUT2D eigenvalue weighted by Crippen LogP contribution is 2.37. The molecule has 3 aromatic rings. The number of halogens is 2. The number of rotatable bonds is 9. The zero-order valence-corrected chi connectivity index (χ0v) is 25.7. The Balaban J connectivity index is 1.91. The van der Waals surface area contributed by atoms with Crippen LogP contribution in [-0.4, -0.2) is 48.5 Å². The van der Waals surface area contributed by atoms with Crippen LogP contribution in [0.4, 0.5) is 0 Å². The van der Waals surface area contributed by atoms with Gasteiger partial charge in [-0.1, -0.05) is 29.0 Å². The van der Waals surface area contributed by atoms with Gasteiger partial charge in [-0.2, -0.15) is 0 Å². The van der Waals surface area contributed by atoms with Crippen molar-refractivity contribution in [3.05, 3.63) is 81.9 Å². The molecule has 4 rings (SSSR count). The summed E-state index contributed by atoms with van der Waals surface area (Å²) in [5, 5.41) is 10.1. The molecule has 0 saturated carbocycles. The summed E-state index contributed by atoms with van der Waals surface area (Å²) in [5.41, 5.74) is 1.33. The Bertz CT molecular complexity index is 1710. The lowest BCUT2D eigenvalue weighted by atomic mass is 9.95. The zero-order chi connectivity index (χ0) is 29.8. The Morgan fingerprint density at radius 1 is 1.17 bits per heavy atom. The predicted molar refractivity (Wildman–Crippen MR) is 156 cm³/mol. The van der Waals surface area contributed by atoms with E-state index in [1.807, 2.05) is 0 Å². The zero-order valence-electron chi connectivity index (χ0n) is 22.5. The van der Waals surface area contributed by atoms with Crippen LogP contribution in [0.3, 0.4) is 0 Å². The molecule has 2 aromatic carbocycles. The summed E-state index contributed by atoms with van der Waals surface area (Å²) in [6.07, 6.45) is 1.63. The molecule has 0 bridgehead atoms. The fourth-order valence-corrected chi connectivity index (χ4v) is 6.07. The summed E-state index contributed by atoms with van der Waals surface area (Å²) >= 11 is 10.5. The number of phenols is 1. The first-order valence-electron chi connectivity index (χ1n) is 12.4. The van der Waals surface area contributed by atoms with Gasteiger partial charge < -0.3 is 24.1 Å². The Morgan fingerprint density at radius 2 is 1.93 bits per heavy atom. The van der Waals surface area contributed by atoms with Crippen molar-refractivity contribution in [2.75, 3.05) is 26.9 Å². The Hall–Kier alpha value is -3.61. The minimum absolute atomic E-state index is 0.107. The van der Waals surface area contributed by atoms with Gasteiger partial charge in [-0.25, -0.2) is 14.6 Å². The van der Waals surface area contributed by atoms with Crippen LogP contribution in [0.15, 0.2) is 55.9 Å². The minimum atomic E-state index is -0.892. The minimum Gasteiger partial charge on any atom is -0.505 e. The van der Waals surface area contributed by atoms with Crippen molar-refractivity contribution in [2.24, 2.45) is 4.99 Å². The van der Waals surface area contributed by atoms with Crippen LogP contribution >= 0.6 is 38.9 Å². The maximum absolute atomic E-state index is 13.9. The van der Waals surface area contributed by atoms with Gasteiger partial charge in [0.15, 0.2) is 22.9 Å². The molecule has 0 fully saturated rings. The van der Waals surface area contributed by atoms with Crippen molar-refractivity contribution >= 4 is 56.9 Å². The maximum atomic E-state index is 13.9. The van der Waals surface area contributed by atoms with E-state index in [1.165, 1.54) is 17.7 Å². The molecule has 1 aliphatic heterocycles. The van der Waals surface area contributed by atoms with E-state index in [4.69, 9.17) is 25.8 Å². The molecule has 1 atom stereocenters. The molecule has 0 aliphatic carbocycles. The van der Waals surface area contributed by atoms with Crippen molar-refractivity contribution in [1.82, 2.24) is 4.57 Å². The molecule has 10 nitrogen and oxygen atoms in total. The van der Waals surface area contributed by atoms with Crippen LogP contribution in [0.25, 0.3) is 6.08 Å². The maximum Gasteiger partial charge on any atom is 0.343 e. The molecule has 0 amide bonds. The Morgan fingerprint density at radius 3 is 2.59 bits per heavy atom. The molecule has 0 radical (unpaired) electrons. The van der Waals surface area contributed by atoms with E-state index in [9.17, 15) is 19.5 Å². The van der Waals surface area contributed by atoms with Gasteiger partial charge in [0.05, 0.1) is 51.7 Å². The highest BCUT2D eigenvalue weighted by molar-refractivity contribution is 9.10.